The number of azide groups is 1. The maximum Gasteiger partial charge on any atom is 0.167 e. The summed E-state index contributed by atoms with van der Waals surface area (Å²) < 4.78 is 5.11. The van der Waals surface area contributed by atoms with Crippen molar-refractivity contribution in [2.45, 2.75) is 5.33 Å². The molecular weight excluding hydrogens is 234 g/mol. The van der Waals surface area contributed by atoms with Crippen LogP contribution in [0.1, 0.15) is 5.56 Å². The number of hydrogen-bond donors (Lipinski definition) is 0. The van der Waals surface area contributed by atoms with Gasteiger partial charge < -0.3 is 4.74 Å². The normalized spacial score (nSPS) is 9.00. The maximum absolute atomic E-state index is 8.00. The molecule has 0 fully saturated rings. The molecule has 0 saturated heterocycles. The van der Waals surface area contributed by atoms with Gasteiger partial charge >= 0.3 is 0 Å². The fourth-order valence-corrected chi connectivity index (χ4v) is 1.18. The molecule has 0 bridgehead atoms. The molecule has 0 unspecified atom stereocenters. The van der Waals surface area contributed by atoms with Crippen molar-refractivity contribution in [3.8, 4) is 5.75 Å². The molecule has 0 aliphatic heterocycles. The molecule has 1 aromatic rings. The Labute approximate surface area is 84.3 Å². The van der Waals surface area contributed by atoms with Crippen molar-refractivity contribution >= 4 is 15.9 Å². The van der Waals surface area contributed by atoms with Gasteiger partial charge in [-0.05, 0) is 23.2 Å². The molecule has 4 nitrogen and oxygen atoms in total. The summed E-state index contributed by atoms with van der Waals surface area (Å²) in [5.41, 5.74) is 9.18. The summed E-state index contributed by atoms with van der Waals surface area (Å²) in [6.07, 6.45) is 0. The first-order valence-corrected chi connectivity index (χ1v) is 4.77. The highest BCUT2D eigenvalue weighted by atomic mass is 79.9. The lowest BCUT2D eigenvalue weighted by molar-refractivity contribution is 0.329. The van der Waals surface area contributed by atoms with Gasteiger partial charge in [0.05, 0.1) is 0 Å². The first-order chi connectivity index (χ1) is 6.36. The van der Waals surface area contributed by atoms with Crippen LogP contribution < -0.4 is 4.74 Å². The lowest BCUT2D eigenvalue weighted by atomic mass is 10.2. The summed E-state index contributed by atoms with van der Waals surface area (Å²) in [6, 6.07) is 7.56. The maximum atomic E-state index is 8.00. The van der Waals surface area contributed by atoms with E-state index in [1.165, 1.54) is 5.56 Å². The summed E-state index contributed by atoms with van der Waals surface area (Å²) in [5, 5.41) is 4.08. The minimum Gasteiger partial charge on any atom is -0.488 e. The van der Waals surface area contributed by atoms with Gasteiger partial charge in [0.15, 0.2) is 6.73 Å². The molecule has 1 rings (SSSR count). The first-order valence-electron chi connectivity index (χ1n) is 3.65. The minimum atomic E-state index is 0.0319. The van der Waals surface area contributed by atoms with Crippen LogP contribution in [-0.4, -0.2) is 6.73 Å². The largest absolute Gasteiger partial charge is 0.488 e. The van der Waals surface area contributed by atoms with Gasteiger partial charge in [-0.2, -0.15) is 0 Å². The molecule has 0 aromatic heterocycles. The zero-order valence-electron chi connectivity index (χ0n) is 6.85. The second kappa shape index (κ2) is 5.45. The SMILES string of the molecule is [N-]=[N+]=NCOc1ccc(CBr)cc1. The Bertz CT molecular complexity index is 306. The molecule has 0 heterocycles. The molecule has 0 aliphatic carbocycles. The number of hydrogen-bond acceptors (Lipinski definition) is 2. The summed E-state index contributed by atoms with van der Waals surface area (Å²) in [5.74, 6) is 0.706. The van der Waals surface area contributed by atoms with Crippen LogP contribution in [0.15, 0.2) is 29.4 Å². The Morgan fingerprint density at radius 3 is 2.62 bits per heavy atom. The lowest BCUT2D eigenvalue weighted by Gasteiger charge is -2.02. The van der Waals surface area contributed by atoms with Crippen molar-refractivity contribution in [2.75, 3.05) is 6.73 Å². The molecule has 0 N–H and O–H groups in total. The Hall–Kier alpha value is -1.19. The molecule has 0 radical (unpaired) electrons. The van der Waals surface area contributed by atoms with Crippen LogP contribution in [0.2, 0.25) is 0 Å². The standard InChI is InChI=1S/C8H8BrN3O/c9-5-7-1-3-8(4-2-7)13-6-11-12-10/h1-4H,5-6H2. The monoisotopic (exact) mass is 241 g/mol. The van der Waals surface area contributed by atoms with E-state index in [-0.39, 0.29) is 6.73 Å². The van der Waals surface area contributed by atoms with Crippen LogP contribution in [-0.2, 0) is 5.33 Å². The number of ether oxygens (including phenoxy) is 1. The van der Waals surface area contributed by atoms with Crippen molar-refractivity contribution in [3.05, 3.63) is 40.3 Å². The summed E-state index contributed by atoms with van der Waals surface area (Å²) in [7, 11) is 0. The Morgan fingerprint density at radius 2 is 2.08 bits per heavy atom. The van der Waals surface area contributed by atoms with Crippen LogP contribution >= 0.6 is 15.9 Å². The second-order valence-electron chi connectivity index (χ2n) is 2.28. The van der Waals surface area contributed by atoms with Gasteiger partial charge in [-0.3, -0.25) is 0 Å². The van der Waals surface area contributed by atoms with E-state index < -0.39 is 0 Å². The quantitative estimate of drug-likeness (QED) is 0.346. The van der Waals surface area contributed by atoms with Gasteiger partial charge in [-0.1, -0.05) is 33.2 Å². The van der Waals surface area contributed by atoms with E-state index in [1.54, 1.807) is 0 Å². The van der Waals surface area contributed by atoms with E-state index in [2.05, 4.69) is 26.0 Å². The van der Waals surface area contributed by atoms with Crippen LogP contribution in [0.5, 0.6) is 5.75 Å². The van der Waals surface area contributed by atoms with Gasteiger partial charge in [-0.25, -0.2) is 0 Å². The summed E-state index contributed by atoms with van der Waals surface area (Å²) in [4.78, 5) is 2.58. The number of benzene rings is 1. The van der Waals surface area contributed by atoms with E-state index >= 15 is 0 Å². The molecular formula is C8H8BrN3O. The molecule has 0 spiro atoms. The molecule has 0 saturated carbocycles. The lowest BCUT2D eigenvalue weighted by Crippen LogP contribution is -1.92. The summed E-state index contributed by atoms with van der Waals surface area (Å²) >= 11 is 3.34. The van der Waals surface area contributed by atoms with E-state index in [4.69, 9.17) is 10.3 Å². The van der Waals surface area contributed by atoms with Crippen LogP contribution in [0.3, 0.4) is 0 Å². The van der Waals surface area contributed by atoms with Crippen molar-refractivity contribution in [1.82, 2.24) is 0 Å². The third-order valence-electron chi connectivity index (χ3n) is 1.43. The zero-order valence-corrected chi connectivity index (χ0v) is 8.44. The average molecular weight is 242 g/mol. The van der Waals surface area contributed by atoms with Gasteiger partial charge in [0.2, 0.25) is 0 Å². The average Bonchev–Trinajstić information content (AvgIpc) is 2.19. The predicted molar refractivity (Wildman–Crippen MR) is 53.7 cm³/mol. The predicted octanol–water partition coefficient (Wildman–Crippen LogP) is 3.23. The Balaban J connectivity index is 2.53. The van der Waals surface area contributed by atoms with Crippen molar-refractivity contribution in [2.24, 2.45) is 5.11 Å². The van der Waals surface area contributed by atoms with E-state index in [0.717, 1.165) is 5.33 Å². The molecule has 68 valence electrons. The minimum absolute atomic E-state index is 0.0319. The number of halogens is 1. The van der Waals surface area contributed by atoms with E-state index in [0.29, 0.717) is 5.75 Å². The van der Waals surface area contributed by atoms with E-state index in [1.807, 2.05) is 24.3 Å². The smallest absolute Gasteiger partial charge is 0.167 e. The molecule has 1 aromatic carbocycles. The summed E-state index contributed by atoms with van der Waals surface area (Å²) in [6.45, 7) is 0.0319. The first kappa shape index (κ1) is 9.89. The van der Waals surface area contributed by atoms with Gasteiger partial charge in [-0.15, -0.1) is 0 Å². The Morgan fingerprint density at radius 1 is 1.38 bits per heavy atom. The molecule has 0 amide bonds. The van der Waals surface area contributed by atoms with Crippen LogP contribution in [0, 0.1) is 0 Å². The Kier molecular flexibility index (Phi) is 4.15. The molecule has 0 atom stereocenters. The fraction of sp³-hybridized carbons (Fsp3) is 0.250. The highest BCUT2D eigenvalue weighted by Crippen LogP contribution is 2.13. The number of nitrogens with zero attached hydrogens (tertiary/aromatic N) is 3. The van der Waals surface area contributed by atoms with Crippen LogP contribution in [0.25, 0.3) is 10.4 Å². The molecule has 0 aliphatic rings. The van der Waals surface area contributed by atoms with Crippen molar-refractivity contribution in [1.29, 1.82) is 0 Å². The topological polar surface area (TPSA) is 58.0 Å². The molecule has 5 heteroatoms. The highest BCUT2D eigenvalue weighted by Gasteiger charge is 1.92. The van der Waals surface area contributed by atoms with Crippen LogP contribution in [0.4, 0.5) is 0 Å². The number of alkyl halides is 1. The van der Waals surface area contributed by atoms with Crippen molar-refractivity contribution in [3.63, 3.8) is 0 Å². The van der Waals surface area contributed by atoms with Gasteiger partial charge in [0, 0.05) is 10.2 Å². The van der Waals surface area contributed by atoms with E-state index in [9.17, 15) is 0 Å². The third kappa shape index (κ3) is 3.36. The highest BCUT2D eigenvalue weighted by molar-refractivity contribution is 9.08. The third-order valence-corrected chi connectivity index (χ3v) is 2.08. The zero-order chi connectivity index (χ0) is 9.52. The van der Waals surface area contributed by atoms with Crippen molar-refractivity contribution < 1.29 is 4.74 Å². The fourth-order valence-electron chi connectivity index (χ4n) is 0.804. The second-order valence-corrected chi connectivity index (χ2v) is 2.84. The van der Waals surface area contributed by atoms with Gasteiger partial charge in [0.1, 0.15) is 5.75 Å². The molecule has 13 heavy (non-hydrogen) atoms. The van der Waals surface area contributed by atoms with Gasteiger partial charge in [0.25, 0.3) is 0 Å². The number of rotatable bonds is 4.